The van der Waals surface area contributed by atoms with Crippen LogP contribution in [0.2, 0.25) is 0 Å². The van der Waals surface area contributed by atoms with Crippen LogP contribution in [0.5, 0.6) is 0 Å². The summed E-state index contributed by atoms with van der Waals surface area (Å²) in [5.41, 5.74) is 0.808. The maximum atomic E-state index is 12.7. The summed E-state index contributed by atoms with van der Waals surface area (Å²) in [6.07, 6.45) is 2.50. The van der Waals surface area contributed by atoms with E-state index in [0.717, 1.165) is 32.8 Å². The van der Waals surface area contributed by atoms with Crippen molar-refractivity contribution in [2.45, 2.75) is 19.9 Å². The Bertz CT molecular complexity index is 927. The lowest BCUT2D eigenvalue weighted by Gasteiger charge is -2.26. The number of pyridine rings is 1. The van der Waals surface area contributed by atoms with E-state index in [4.69, 9.17) is 4.74 Å². The van der Waals surface area contributed by atoms with E-state index >= 15 is 0 Å². The molecule has 0 spiro atoms. The predicted molar refractivity (Wildman–Crippen MR) is 87.0 cm³/mol. The lowest BCUT2D eigenvalue weighted by atomic mass is 10.3. The van der Waals surface area contributed by atoms with E-state index in [0.29, 0.717) is 35.6 Å². The summed E-state index contributed by atoms with van der Waals surface area (Å²) in [4.78, 5) is 19.3. The molecular weight excluding hydrogens is 310 g/mol. The lowest BCUT2D eigenvalue weighted by molar-refractivity contribution is 0.0363. The number of fused-ring (bicyclic) bond motifs is 3. The van der Waals surface area contributed by atoms with Crippen LogP contribution < -0.4 is 5.56 Å². The van der Waals surface area contributed by atoms with E-state index < -0.39 is 0 Å². The Balaban J connectivity index is 1.67. The summed E-state index contributed by atoms with van der Waals surface area (Å²) >= 11 is 0. The summed E-state index contributed by atoms with van der Waals surface area (Å²) in [7, 11) is 0. The summed E-state index contributed by atoms with van der Waals surface area (Å²) in [6, 6.07) is 1.85. The highest BCUT2D eigenvalue weighted by atomic mass is 16.5. The molecule has 9 nitrogen and oxygen atoms in total. The van der Waals surface area contributed by atoms with Crippen molar-refractivity contribution in [3.8, 4) is 0 Å². The standard InChI is InChI=1S/C15H19N7O2/c1-2-12-16-15-18-17-13-11(22(15)19-12)3-4-21(14(13)23)6-5-20-7-9-24-10-8-20/h3-4H,2,5-10H2,1H3. The number of nitrogens with zero attached hydrogens (tertiary/aromatic N) is 7. The molecule has 3 aromatic rings. The minimum absolute atomic E-state index is 0.149. The van der Waals surface area contributed by atoms with Crippen molar-refractivity contribution >= 4 is 16.8 Å². The zero-order valence-electron chi connectivity index (χ0n) is 13.6. The Morgan fingerprint density at radius 2 is 2.04 bits per heavy atom. The van der Waals surface area contributed by atoms with Gasteiger partial charge < -0.3 is 9.30 Å². The quantitative estimate of drug-likeness (QED) is 0.651. The number of morpholine rings is 1. The Labute approximate surface area is 137 Å². The second-order valence-corrected chi connectivity index (χ2v) is 5.80. The number of hydrogen-bond acceptors (Lipinski definition) is 7. The van der Waals surface area contributed by atoms with Crippen molar-refractivity contribution in [3.63, 3.8) is 0 Å². The van der Waals surface area contributed by atoms with Crippen LogP contribution in [0.25, 0.3) is 16.8 Å². The zero-order chi connectivity index (χ0) is 16.5. The molecule has 0 bridgehead atoms. The van der Waals surface area contributed by atoms with Crippen LogP contribution in [0.3, 0.4) is 0 Å². The summed E-state index contributed by atoms with van der Waals surface area (Å²) in [6.45, 7) is 6.72. The third kappa shape index (κ3) is 2.65. The van der Waals surface area contributed by atoms with Crippen LogP contribution in [0, 0.1) is 0 Å². The van der Waals surface area contributed by atoms with Crippen LogP contribution in [-0.4, -0.2) is 67.1 Å². The minimum Gasteiger partial charge on any atom is -0.379 e. The molecule has 1 saturated heterocycles. The highest BCUT2D eigenvalue weighted by Gasteiger charge is 2.14. The van der Waals surface area contributed by atoms with Gasteiger partial charge in [-0.1, -0.05) is 6.92 Å². The second kappa shape index (κ2) is 6.25. The number of aryl methyl sites for hydroxylation is 1. The average Bonchev–Trinajstić information content (AvgIpc) is 3.06. The SMILES string of the molecule is CCc1nc2nnc3c(=O)n(CCN4CCOCC4)ccc3n2n1. The zero-order valence-corrected chi connectivity index (χ0v) is 13.6. The van der Waals surface area contributed by atoms with Gasteiger partial charge in [0.1, 0.15) is 5.52 Å². The molecule has 0 unspecified atom stereocenters. The molecule has 0 radical (unpaired) electrons. The summed E-state index contributed by atoms with van der Waals surface area (Å²) < 4.78 is 8.61. The minimum atomic E-state index is -0.149. The van der Waals surface area contributed by atoms with Gasteiger partial charge in [-0.15, -0.1) is 15.3 Å². The number of ether oxygens (including phenoxy) is 1. The van der Waals surface area contributed by atoms with Crippen molar-refractivity contribution in [2.24, 2.45) is 0 Å². The smallest absolute Gasteiger partial charge is 0.280 e. The van der Waals surface area contributed by atoms with Crippen molar-refractivity contribution in [1.29, 1.82) is 0 Å². The van der Waals surface area contributed by atoms with Crippen LogP contribution in [0.4, 0.5) is 0 Å². The Morgan fingerprint density at radius 3 is 2.83 bits per heavy atom. The fourth-order valence-electron chi connectivity index (χ4n) is 2.88. The highest BCUT2D eigenvalue weighted by molar-refractivity contribution is 5.74. The molecule has 3 aromatic heterocycles. The van der Waals surface area contributed by atoms with Gasteiger partial charge in [0.2, 0.25) is 0 Å². The molecule has 0 N–H and O–H groups in total. The van der Waals surface area contributed by atoms with E-state index in [1.807, 2.05) is 13.0 Å². The van der Waals surface area contributed by atoms with Gasteiger partial charge in [0.05, 0.1) is 13.2 Å². The van der Waals surface area contributed by atoms with E-state index in [9.17, 15) is 4.79 Å². The number of rotatable bonds is 4. The van der Waals surface area contributed by atoms with Gasteiger partial charge in [-0.05, 0) is 6.07 Å². The molecule has 1 fully saturated rings. The van der Waals surface area contributed by atoms with Crippen LogP contribution in [0.1, 0.15) is 12.7 Å². The van der Waals surface area contributed by atoms with E-state index in [-0.39, 0.29) is 5.56 Å². The van der Waals surface area contributed by atoms with Crippen molar-refractivity contribution in [1.82, 2.24) is 34.3 Å². The van der Waals surface area contributed by atoms with Crippen LogP contribution in [0.15, 0.2) is 17.1 Å². The van der Waals surface area contributed by atoms with Crippen molar-refractivity contribution < 1.29 is 4.74 Å². The first-order valence-corrected chi connectivity index (χ1v) is 8.18. The molecule has 4 heterocycles. The van der Waals surface area contributed by atoms with E-state index in [2.05, 4.69) is 25.2 Å². The largest absolute Gasteiger partial charge is 0.379 e. The molecule has 0 saturated carbocycles. The third-order valence-electron chi connectivity index (χ3n) is 4.30. The molecule has 0 atom stereocenters. The fraction of sp³-hybridized carbons (Fsp3) is 0.533. The highest BCUT2D eigenvalue weighted by Crippen LogP contribution is 2.08. The van der Waals surface area contributed by atoms with E-state index in [1.165, 1.54) is 0 Å². The average molecular weight is 329 g/mol. The van der Waals surface area contributed by atoms with Crippen LogP contribution >= 0.6 is 0 Å². The molecule has 1 aliphatic rings. The van der Waals surface area contributed by atoms with Gasteiger partial charge in [-0.2, -0.15) is 9.50 Å². The van der Waals surface area contributed by atoms with Gasteiger partial charge in [0.15, 0.2) is 11.3 Å². The molecule has 0 aromatic carbocycles. The molecule has 0 amide bonds. The topological polar surface area (TPSA) is 90.4 Å². The van der Waals surface area contributed by atoms with Gasteiger partial charge in [-0.25, -0.2) is 0 Å². The summed E-state index contributed by atoms with van der Waals surface area (Å²) in [5, 5.41) is 12.5. The van der Waals surface area contributed by atoms with Gasteiger partial charge in [-0.3, -0.25) is 9.69 Å². The third-order valence-corrected chi connectivity index (χ3v) is 4.30. The molecular formula is C15H19N7O2. The van der Waals surface area contributed by atoms with Gasteiger partial charge in [0.25, 0.3) is 11.3 Å². The molecule has 1 aliphatic heterocycles. The Hall–Kier alpha value is -2.39. The number of hydrogen-bond donors (Lipinski definition) is 0. The van der Waals surface area contributed by atoms with Crippen molar-refractivity contribution in [3.05, 3.63) is 28.4 Å². The van der Waals surface area contributed by atoms with E-state index in [1.54, 1.807) is 15.3 Å². The lowest BCUT2D eigenvalue weighted by Crippen LogP contribution is -2.39. The molecule has 126 valence electrons. The molecule has 9 heteroatoms. The first-order valence-electron chi connectivity index (χ1n) is 8.18. The molecule has 4 rings (SSSR count). The van der Waals surface area contributed by atoms with Crippen molar-refractivity contribution in [2.75, 3.05) is 32.8 Å². The van der Waals surface area contributed by atoms with Gasteiger partial charge in [0, 0.05) is 38.8 Å². The Kier molecular flexibility index (Phi) is 3.95. The maximum Gasteiger partial charge on any atom is 0.280 e. The van der Waals surface area contributed by atoms with Gasteiger partial charge >= 0.3 is 0 Å². The maximum absolute atomic E-state index is 12.7. The van der Waals surface area contributed by atoms with Crippen LogP contribution in [-0.2, 0) is 17.7 Å². The first kappa shape index (κ1) is 15.2. The second-order valence-electron chi connectivity index (χ2n) is 5.80. The predicted octanol–water partition coefficient (Wildman–Crippen LogP) is -0.271. The normalized spacial score (nSPS) is 16.2. The monoisotopic (exact) mass is 329 g/mol. The molecule has 24 heavy (non-hydrogen) atoms. The number of aromatic nitrogens is 6. The fourth-order valence-corrected chi connectivity index (χ4v) is 2.88. The Morgan fingerprint density at radius 1 is 1.21 bits per heavy atom. The molecule has 0 aliphatic carbocycles. The first-order chi connectivity index (χ1) is 11.8. The summed E-state index contributed by atoms with van der Waals surface area (Å²) in [5.74, 6) is 1.11.